The summed E-state index contributed by atoms with van der Waals surface area (Å²) < 4.78 is 1.83. The first kappa shape index (κ1) is 14.8. The van der Waals surface area contributed by atoms with E-state index in [0.717, 1.165) is 33.6 Å². The van der Waals surface area contributed by atoms with E-state index in [1.165, 1.54) is 0 Å². The molecule has 2 aromatic carbocycles. The van der Waals surface area contributed by atoms with Gasteiger partial charge in [0.1, 0.15) is 0 Å². The number of hydrogen-bond acceptors (Lipinski definition) is 5. The molecule has 3 aromatic rings. The molecule has 3 rings (SSSR count). The van der Waals surface area contributed by atoms with Crippen LogP contribution >= 0.6 is 11.3 Å². The van der Waals surface area contributed by atoms with Crippen LogP contribution in [0, 0.1) is 0 Å². The van der Waals surface area contributed by atoms with Gasteiger partial charge in [-0.15, -0.1) is 11.3 Å². The molecule has 3 N–H and O–H groups in total. The zero-order valence-electron chi connectivity index (χ0n) is 12.7. The third-order valence-electron chi connectivity index (χ3n) is 3.63. The fourth-order valence-corrected chi connectivity index (χ4v) is 3.61. The molecule has 5 heteroatoms. The number of nitrogen functional groups attached to an aromatic ring is 1. The minimum atomic E-state index is 0.0454. The number of nitrogens with two attached hydrogens (primary N) is 1. The van der Waals surface area contributed by atoms with Gasteiger partial charge in [0.25, 0.3) is 0 Å². The van der Waals surface area contributed by atoms with E-state index in [1.807, 2.05) is 50.5 Å². The van der Waals surface area contributed by atoms with Gasteiger partial charge >= 0.3 is 0 Å². The lowest BCUT2D eigenvalue weighted by Gasteiger charge is -2.14. The van der Waals surface area contributed by atoms with E-state index >= 15 is 0 Å². The molecule has 0 saturated carbocycles. The Balaban J connectivity index is 2.19. The summed E-state index contributed by atoms with van der Waals surface area (Å²) in [6.07, 6.45) is 0. The third-order valence-corrected chi connectivity index (χ3v) is 4.85. The first-order valence-electron chi connectivity index (χ1n) is 7.20. The van der Waals surface area contributed by atoms with Crippen molar-refractivity contribution in [1.82, 2.24) is 4.90 Å². The lowest BCUT2D eigenvalue weighted by Crippen LogP contribution is -2.21. The lowest BCUT2D eigenvalue weighted by molar-refractivity contribution is 0.425. The summed E-state index contributed by atoms with van der Waals surface area (Å²) in [6, 6.07) is 11.4. The van der Waals surface area contributed by atoms with Gasteiger partial charge in [-0.3, -0.25) is 4.79 Å². The molecule has 0 spiro atoms. The van der Waals surface area contributed by atoms with Gasteiger partial charge in [0.15, 0.2) is 5.43 Å². The van der Waals surface area contributed by atoms with Gasteiger partial charge in [0.05, 0.1) is 10.1 Å². The first-order chi connectivity index (χ1) is 10.6. The van der Waals surface area contributed by atoms with Crippen molar-refractivity contribution in [2.45, 2.75) is 0 Å². The van der Waals surface area contributed by atoms with Crippen molar-refractivity contribution >= 4 is 42.9 Å². The maximum atomic E-state index is 12.9. The molecule has 0 bridgehead atoms. The van der Waals surface area contributed by atoms with Gasteiger partial charge in [-0.25, -0.2) is 0 Å². The third kappa shape index (κ3) is 2.65. The maximum absolute atomic E-state index is 12.9. The zero-order chi connectivity index (χ0) is 15.7. The molecular weight excluding hydrogens is 294 g/mol. The largest absolute Gasteiger partial charge is 0.398 e. The Morgan fingerprint density at radius 1 is 1.18 bits per heavy atom. The fourth-order valence-electron chi connectivity index (χ4n) is 2.48. The molecule has 0 amide bonds. The van der Waals surface area contributed by atoms with Crippen LogP contribution in [0.15, 0.2) is 41.2 Å². The van der Waals surface area contributed by atoms with Crippen molar-refractivity contribution < 1.29 is 0 Å². The number of hydrogen-bond donors (Lipinski definition) is 2. The van der Waals surface area contributed by atoms with Gasteiger partial charge in [0.2, 0.25) is 0 Å². The number of likely N-dealkylation sites (N-methyl/N-ethyl adjacent to an activating group) is 1. The SMILES string of the molecule is CN(C)CCNc1ccc(N)c2sc3ccccc3c(=O)c12. The number of nitrogens with one attached hydrogen (secondary N) is 1. The van der Waals surface area contributed by atoms with Crippen LogP contribution in [0.3, 0.4) is 0 Å². The Hall–Kier alpha value is -2.11. The van der Waals surface area contributed by atoms with E-state index in [2.05, 4.69) is 10.2 Å². The molecule has 0 saturated heterocycles. The smallest absolute Gasteiger partial charge is 0.198 e. The average Bonchev–Trinajstić information content (AvgIpc) is 2.50. The van der Waals surface area contributed by atoms with Crippen molar-refractivity contribution in [3.05, 3.63) is 46.6 Å². The molecule has 0 fully saturated rings. The molecule has 0 aliphatic heterocycles. The summed E-state index contributed by atoms with van der Waals surface area (Å²) in [5.41, 5.74) is 7.66. The first-order valence-corrected chi connectivity index (χ1v) is 8.02. The normalized spacial score (nSPS) is 11.4. The van der Waals surface area contributed by atoms with Crippen LogP contribution in [0.1, 0.15) is 0 Å². The second kappa shape index (κ2) is 5.94. The molecule has 22 heavy (non-hydrogen) atoms. The Morgan fingerprint density at radius 2 is 1.95 bits per heavy atom. The molecule has 0 unspecified atom stereocenters. The molecular formula is C17H19N3OS. The summed E-state index contributed by atoms with van der Waals surface area (Å²) >= 11 is 1.57. The van der Waals surface area contributed by atoms with Gasteiger partial charge in [0, 0.05) is 34.6 Å². The molecule has 4 nitrogen and oxygen atoms in total. The highest BCUT2D eigenvalue weighted by Crippen LogP contribution is 2.33. The number of fused-ring (bicyclic) bond motifs is 2. The summed E-state index contributed by atoms with van der Waals surface area (Å²) in [5, 5.41) is 4.81. The van der Waals surface area contributed by atoms with Crippen molar-refractivity contribution in [3.63, 3.8) is 0 Å². The number of nitrogens with zero attached hydrogens (tertiary/aromatic N) is 1. The van der Waals surface area contributed by atoms with E-state index in [-0.39, 0.29) is 5.43 Å². The second-order valence-electron chi connectivity index (χ2n) is 5.56. The van der Waals surface area contributed by atoms with E-state index in [4.69, 9.17) is 5.73 Å². The topological polar surface area (TPSA) is 58.4 Å². The number of benzene rings is 2. The summed E-state index contributed by atoms with van der Waals surface area (Å²) in [7, 11) is 4.05. The molecule has 0 aliphatic carbocycles. The van der Waals surface area contributed by atoms with Crippen molar-refractivity contribution in [2.24, 2.45) is 0 Å². The van der Waals surface area contributed by atoms with Crippen LogP contribution in [0.4, 0.5) is 11.4 Å². The fraction of sp³-hybridized carbons (Fsp3) is 0.235. The van der Waals surface area contributed by atoms with Gasteiger partial charge in [-0.1, -0.05) is 12.1 Å². The van der Waals surface area contributed by atoms with E-state index in [1.54, 1.807) is 11.3 Å². The maximum Gasteiger partial charge on any atom is 0.198 e. The van der Waals surface area contributed by atoms with Gasteiger partial charge in [-0.05, 0) is 38.4 Å². The van der Waals surface area contributed by atoms with Crippen molar-refractivity contribution in [2.75, 3.05) is 38.2 Å². The predicted molar refractivity (Wildman–Crippen MR) is 97.1 cm³/mol. The van der Waals surface area contributed by atoms with Gasteiger partial charge < -0.3 is 16.0 Å². The van der Waals surface area contributed by atoms with Crippen LogP contribution < -0.4 is 16.5 Å². The Labute approximate surface area is 133 Å². The minimum absolute atomic E-state index is 0.0454. The lowest BCUT2D eigenvalue weighted by atomic mass is 10.1. The summed E-state index contributed by atoms with van der Waals surface area (Å²) in [5.74, 6) is 0. The molecule has 1 aromatic heterocycles. The van der Waals surface area contributed by atoms with Crippen LogP contribution in [0.2, 0.25) is 0 Å². The summed E-state index contributed by atoms with van der Waals surface area (Å²) in [4.78, 5) is 15.0. The summed E-state index contributed by atoms with van der Waals surface area (Å²) in [6.45, 7) is 1.68. The van der Waals surface area contributed by atoms with E-state index < -0.39 is 0 Å². The quantitative estimate of drug-likeness (QED) is 0.574. The average molecular weight is 313 g/mol. The highest BCUT2D eigenvalue weighted by molar-refractivity contribution is 7.25. The highest BCUT2D eigenvalue weighted by Gasteiger charge is 2.12. The number of anilines is 2. The monoisotopic (exact) mass is 313 g/mol. The molecule has 0 atom stereocenters. The second-order valence-corrected chi connectivity index (χ2v) is 6.62. The molecule has 1 heterocycles. The van der Waals surface area contributed by atoms with Gasteiger partial charge in [-0.2, -0.15) is 0 Å². The Kier molecular flexibility index (Phi) is 4.00. The molecule has 114 valence electrons. The van der Waals surface area contributed by atoms with Crippen LogP contribution in [0.25, 0.3) is 20.2 Å². The van der Waals surface area contributed by atoms with E-state index in [0.29, 0.717) is 11.1 Å². The molecule has 0 radical (unpaired) electrons. The van der Waals surface area contributed by atoms with Crippen molar-refractivity contribution in [1.29, 1.82) is 0 Å². The Morgan fingerprint density at radius 3 is 2.73 bits per heavy atom. The standard InChI is InChI=1S/C17H19N3OS/c1-20(2)10-9-19-13-8-7-12(18)17-15(13)16(21)11-5-3-4-6-14(11)22-17/h3-8,19H,9-10,18H2,1-2H3. The van der Waals surface area contributed by atoms with Crippen LogP contribution in [0.5, 0.6) is 0 Å². The number of rotatable bonds is 4. The van der Waals surface area contributed by atoms with Crippen molar-refractivity contribution in [3.8, 4) is 0 Å². The predicted octanol–water partition coefficient (Wildman–Crippen LogP) is 2.97. The van der Waals surface area contributed by atoms with Crippen LogP contribution in [-0.2, 0) is 0 Å². The highest BCUT2D eigenvalue weighted by atomic mass is 32.1. The zero-order valence-corrected chi connectivity index (χ0v) is 13.5. The Bertz CT molecular complexity index is 886. The minimum Gasteiger partial charge on any atom is -0.398 e. The molecule has 0 aliphatic rings. The van der Waals surface area contributed by atoms with E-state index in [9.17, 15) is 4.79 Å². The van der Waals surface area contributed by atoms with Crippen LogP contribution in [-0.4, -0.2) is 32.1 Å².